The molecule has 2 rings (SSSR count). The average molecular weight is 316 g/mol. The molecule has 1 aromatic heterocycles. The lowest BCUT2D eigenvalue weighted by Gasteiger charge is -2.07. The molecule has 2 aromatic rings. The number of anilines is 1. The van der Waals surface area contributed by atoms with Crippen molar-refractivity contribution in [1.29, 1.82) is 0 Å². The summed E-state index contributed by atoms with van der Waals surface area (Å²) in [7, 11) is 0. The fraction of sp³-hybridized carbons (Fsp3) is 0.231. The number of thiazole rings is 1. The number of aromatic nitrogens is 1. The maximum Gasteiger partial charge on any atom is 0.416 e. The molecule has 4 nitrogen and oxygen atoms in total. The highest BCUT2D eigenvalue weighted by molar-refractivity contribution is 7.14. The Balaban J connectivity index is 2.09. The molecule has 1 atom stereocenters. The lowest BCUT2D eigenvalue weighted by molar-refractivity contribution is -0.137. The van der Waals surface area contributed by atoms with Crippen LogP contribution < -0.4 is 5.32 Å². The highest BCUT2D eigenvalue weighted by Gasteiger charge is 2.30. The number of amides is 1. The topological polar surface area (TPSA) is 62.2 Å². The Morgan fingerprint density at radius 2 is 1.95 bits per heavy atom. The van der Waals surface area contributed by atoms with Crippen LogP contribution in [0.25, 0.3) is 0 Å². The molecule has 0 spiro atoms. The van der Waals surface area contributed by atoms with Gasteiger partial charge >= 0.3 is 6.18 Å². The van der Waals surface area contributed by atoms with Gasteiger partial charge in [0.15, 0.2) is 5.13 Å². The molecule has 1 heterocycles. The van der Waals surface area contributed by atoms with Gasteiger partial charge < -0.3 is 5.11 Å². The van der Waals surface area contributed by atoms with Gasteiger partial charge in [-0.05, 0) is 31.2 Å². The van der Waals surface area contributed by atoms with Crippen LogP contribution in [0.3, 0.4) is 0 Å². The molecule has 0 aliphatic heterocycles. The number of rotatable bonds is 3. The van der Waals surface area contributed by atoms with E-state index >= 15 is 0 Å². The predicted molar refractivity (Wildman–Crippen MR) is 72.1 cm³/mol. The van der Waals surface area contributed by atoms with Crippen LogP contribution in [0, 0.1) is 0 Å². The van der Waals surface area contributed by atoms with Gasteiger partial charge in [0.05, 0.1) is 17.4 Å². The van der Waals surface area contributed by atoms with Crippen LogP contribution in [0.5, 0.6) is 0 Å². The third kappa shape index (κ3) is 3.79. The summed E-state index contributed by atoms with van der Waals surface area (Å²) in [5.74, 6) is -0.560. The smallest absolute Gasteiger partial charge is 0.387 e. The van der Waals surface area contributed by atoms with E-state index in [1.807, 2.05) is 0 Å². The monoisotopic (exact) mass is 316 g/mol. The number of carbonyl (C=O) groups is 1. The number of aliphatic hydroxyl groups is 1. The Bertz CT molecular complexity index is 636. The minimum absolute atomic E-state index is 0.0943. The van der Waals surface area contributed by atoms with Gasteiger partial charge in [-0.3, -0.25) is 10.1 Å². The number of nitrogens with zero attached hydrogens (tertiary/aromatic N) is 1. The van der Waals surface area contributed by atoms with E-state index in [0.29, 0.717) is 5.69 Å². The van der Waals surface area contributed by atoms with Crippen molar-refractivity contribution in [2.24, 2.45) is 0 Å². The van der Waals surface area contributed by atoms with E-state index in [0.717, 1.165) is 35.6 Å². The fourth-order valence-corrected chi connectivity index (χ4v) is 2.31. The molecule has 21 heavy (non-hydrogen) atoms. The van der Waals surface area contributed by atoms with Crippen molar-refractivity contribution in [3.63, 3.8) is 0 Å². The molecule has 0 saturated carbocycles. The summed E-state index contributed by atoms with van der Waals surface area (Å²) in [6.07, 6.45) is -5.19. The van der Waals surface area contributed by atoms with Crippen LogP contribution in [0.15, 0.2) is 29.6 Å². The number of aliphatic hydroxyl groups excluding tert-OH is 1. The number of benzene rings is 1. The van der Waals surface area contributed by atoms with E-state index in [-0.39, 0.29) is 10.7 Å². The zero-order valence-electron chi connectivity index (χ0n) is 10.8. The van der Waals surface area contributed by atoms with E-state index in [2.05, 4.69) is 10.3 Å². The summed E-state index contributed by atoms with van der Waals surface area (Å²) in [5, 5.41) is 13.7. The third-order valence-corrected chi connectivity index (χ3v) is 3.42. The predicted octanol–water partition coefficient (Wildman–Crippen LogP) is 3.47. The van der Waals surface area contributed by atoms with Crippen molar-refractivity contribution in [2.45, 2.75) is 19.2 Å². The highest BCUT2D eigenvalue weighted by Crippen LogP contribution is 2.29. The van der Waals surface area contributed by atoms with E-state index in [4.69, 9.17) is 0 Å². The first kappa shape index (κ1) is 15.5. The summed E-state index contributed by atoms with van der Waals surface area (Å²) in [6.45, 7) is 1.54. The van der Waals surface area contributed by atoms with Crippen molar-refractivity contribution in [2.75, 3.05) is 5.32 Å². The molecule has 112 valence electrons. The Morgan fingerprint density at radius 3 is 2.43 bits per heavy atom. The zero-order chi connectivity index (χ0) is 15.6. The average Bonchev–Trinajstić information content (AvgIpc) is 2.86. The van der Waals surface area contributed by atoms with Crippen molar-refractivity contribution in [1.82, 2.24) is 4.98 Å². The van der Waals surface area contributed by atoms with Crippen LogP contribution >= 0.6 is 11.3 Å². The summed E-state index contributed by atoms with van der Waals surface area (Å²) < 4.78 is 37.2. The molecule has 0 saturated heterocycles. The number of nitrogens with one attached hydrogen (secondary N) is 1. The third-order valence-electron chi connectivity index (χ3n) is 2.64. The second kappa shape index (κ2) is 5.82. The van der Waals surface area contributed by atoms with Gasteiger partial charge in [-0.15, -0.1) is 11.3 Å². The second-order valence-corrected chi connectivity index (χ2v) is 5.14. The van der Waals surface area contributed by atoms with E-state index < -0.39 is 23.8 Å². The number of carbonyl (C=O) groups excluding carboxylic acids is 1. The molecular formula is C13H11F3N2O2S. The van der Waals surface area contributed by atoms with Gasteiger partial charge in [-0.1, -0.05) is 0 Å². The molecule has 8 heteroatoms. The Labute approximate surface area is 122 Å². The van der Waals surface area contributed by atoms with Crippen molar-refractivity contribution in [3.8, 4) is 0 Å². The highest BCUT2D eigenvalue weighted by atomic mass is 32.1. The molecule has 1 amide bonds. The summed E-state index contributed by atoms with van der Waals surface area (Å²) >= 11 is 1.13. The van der Waals surface area contributed by atoms with E-state index in [1.54, 1.807) is 5.38 Å². The minimum atomic E-state index is -4.43. The number of alkyl halides is 3. The largest absolute Gasteiger partial charge is 0.416 e. The lowest BCUT2D eigenvalue weighted by atomic mass is 10.1. The molecule has 0 bridgehead atoms. The molecule has 2 N–H and O–H groups in total. The van der Waals surface area contributed by atoms with Gasteiger partial charge in [-0.2, -0.15) is 13.2 Å². The number of halogens is 3. The molecule has 0 aliphatic rings. The first-order valence-electron chi connectivity index (χ1n) is 5.89. The fourth-order valence-electron chi connectivity index (χ4n) is 1.52. The van der Waals surface area contributed by atoms with Gasteiger partial charge in [0.25, 0.3) is 5.91 Å². The maximum atomic E-state index is 12.4. The lowest BCUT2D eigenvalue weighted by Crippen LogP contribution is -2.12. The van der Waals surface area contributed by atoms with Crippen LogP contribution in [-0.2, 0) is 6.18 Å². The van der Waals surface area contributed by atoms with Gasteiger partial charge in [0, 0.05) is 10.9 Å². The van der Waals surface area contributed by atoms with Crippen molar-refractivity contribution < 1.29 is 23.1 Å². The van der Waals surface area contributed by atoms with Crippen LogP contribution in [0.1, 0.15) is 34.6 Å². The Kier molecular flexibility index (Phi) is 4.29. The van der Waals surface area contributed by atoms with Gasteiger partial charge in [-0.25, -0.2) is 4.98 Å². The van der Waals surface area contributed by atoms with Crippen molar-refractivity contribution >= 4 is 22.4 Å². The maximum absolute atomic E-state index is 12.4. The number of hydrogen-bond acceptors (Lipinski definition) is 4. The van der Waals surface area contributed by atoms with E-state index in [1.165, 1.54) is 6.92 Å². The first-order valence-corrected chi connectivity index (χ1v) is 6.77. The normalized spacial score (nSPS) is 13.0. The van der Waals surface area contributed by atoms with Crippen molar-refractivity contribution in [3.05, 3.63) is 46.5 Å². The van der Waals surface area contributed by atoms with Crippen LogP contribution in [0.4, 0.5) is 18.3 Å². The standard InChI is InChI=1S/C13H11F3N2O2S/c1-7(19)10-6-21-12(17-10)18-11(20)8-2-4-9(5-3-8)13(14,15)16/h2-7,19H,1H3,(H,17,18,20). The molecule has 0 aliphatic carbocycles. The molecule has 0 fully saturated rings. The molecular weight excluding hydrogens is 305 g/mol. The molecule has 1 aromatic carbocycles. The second-order valence-electron chi connectivity index (χ2n) is 4.28. The Hall–Kier alpha value is -1.93. The Morgan fingerprint density at radius 1 is 1.33 bits per heavy atom. The quantitative estimate of drug-likeness (QED) is 0.911. The number of hydrogen-bond donors (Lipinski definition) is 2. The van der Waals surface area contributed by atoms with Crippen LogP contribution in [-0.4, -0.2) is 16.0 Å². The van der Waals surface area contributed by atoms with Gasteiger partial charge in [0.2, 0.25) is 0 Å². The summed E-state index contributed by atoms with van der Waals surface area (Å²) in [6, 6.07) is 3.89. The SMILES string of the molecule is CC(O)c1csc(NC(=O)c2ccc(C(F)(F)F)cc2)n1. The summed E-state index contributed by atoms with van der Waals surface area (Å²) in [5.41, 5.74) is -0.302. The van der Waals surface area contributed by atoms with Crippen LogP contribution in [0.2, 0.25) is 0 Å². The molecule has 0 radical (unpaired) electrons. The van der Waals surface area contributed by atoms with E-state index in [9.17, 15) is 23.1 Å². The first-order chi connectivity index (χ1) is 9.77. The minimum Gasteiger partial charge on any atom is -0.387 e. The zero-order valence-corrected chi connectivity index (χ0v) is 11.6. The molecule has 1 unspecified atom stereocenters. The summed E-state index contributed by atoms with van der Waals surface area (Å²) in [4.78, 5) is 15.9. The van der Waals surface area contributed by atoms with Gasteiger partial charge in [0.1, 0.15) is 0 Å².